The van der Waals surface area contributed by atoms with Crippen molar-refractivity contribution in [3.05, 3.63) is 93.7 Å². The number of carbonyl (C=O) groups excluding carboxylic acids is 1. The summed E-state index contributed by atoms with van der Waals surface area (Å²) >= 11 is 3.34. The summed E-state index contributed by atoms with van der Waals surface area (Å²) in [6.45, 7) is 2.26. The van der Waals surface area contributed by atoms with E-state index in [1.165, 1.54) is 12.1 Å². The van der Waals surface area contributed by atoms with Crippen LogP contribution in [0.5, 0.6) is 11.5 Å². The second kappa shape index (κ2) is 11.1. The first-order chi connectivity index (χ1) is 15.5. The number of carbonyl (C=O) groups is 1. The Morgan fingerprint density at radius 1 is 1.09 bits per heavy atom. The summed E-state index contributed by atoms with van der Waals surface area (Å²) in [5, 5.41) is 12.2. The topological polar surface area (TPSA) is 71.3 Å². The number of nitrogens with one attached hydrogen (secondary N) is 1. The fourth-order valence-electron chi connectivity index (χ4n) is 2.85. The van der Waals surface area contributed by atoms with E-state index < -0.39 is 5.91 Å². The lowest BCUT2D eigenvalue weighted by Gasteiger charge is -2.13. The highest BCUT2D eigenvalue weighted by Crippen LogP contribution is 2.30. The molecule has 1 amide bonds. The van der Waals surface area contributed by atoms with Crippen molar-refractivity contribution in [2.45, 2.75) is 13.5 Å². The SMILES string of the molecule is CCOc1cc(/C=C(/C#N)C(=O)Nc2cccc(Br)c2)ccc1OCc1ccccc1F. The number of nitriles is 1. The molecule has 0 aliphatic heterocycles. The number of benzene rings is 3. The zero-order valence-corrected chi connectivity index (χ0v) is 18.9. The fraction of sp³-hybridized carbons (Fsp3) is 0.120. The molecule has 0 aliphatic carbocycles. The largest absolute Gasteiger partial charge is 0.490 e. The van der Waals surface area contributed by atoms with Gasteiger partial charge in [0.15, 0.2) is 11.5 Å². The van der Waals surface area contributed by atoms with Crippen LogP contribution < -0.4 is 14.8 Å². The average Bonchev–Trinajstić information content (AvgIpc) is 2.78. The maximum absolute atomic E-state index is 13.9. The maximum atomic E-state index is 13.9. The third-order valence-corrected chi connectivity index (χ3v) is 4.86. The molecular weight excluding hydrogens is 475 g/mol. The Kier molecular flexibility index (Phi) is 8.01. The normalized spacial score (nSPS) is 10.9. The van der Waals surface area contributed by atoms with Crippen molar-refractivity contribution in [3.63, 3.8) is 0 Å². The Morgan fingerprint density at radius 3 is 2.62 bits per heavy atom. The van der Waals surface area contributed by atoms with Gasteiger partial charge in [0.2, 0.25) is 0 Å². The van der Waals surface area contributed by atoms with Crippen LogP contribution in [0.15, 0.2) is 76.8 Å². The van der Waals surface area contributed by atoms with Gasteiger partial charge in [-0.1, -0.05) is 46.3 Å². The molecule has 0 aromatic heterocycles. The van der Waals surface area contributed by atoms with Gasteiger partial charge in [-0.2, -0.15) is 5.26 Å². The highest BCUT2D eigenvalue weighted by molar-refractivity contribution is 9.10. The summed E-state index contributed by atoms with van der Waals surface area (Å²) in [5.74, 6) is -0.00445. The molecule has 3 aromatic rings. The van der Waals surface area contributed by atoms with Crippen LogP contribution in [0.2, 0.25) is 0 Å². The van der Waals surface area contributed by atoms with Gasteiger partial charge in [-0.25, -0.2) is 4.39 Å². The number of rotatable bonds is 8. The summed E-state index contributed by atoms with van der Waals surface area (Å²) < 4.78 is 26.1. The third kappa shape index (κ3) is 6.19. The van der Waals surface area contributed by atoms with E-state index in [1.807, 2.05) is 19.1 Å². The lowest BCUT2D eigenvalue weighted by atomic mass is 10.1. The van der Waals surface area contributed by atoms with E-state index in [9.17, 15) is 14.4 Å². The monoisotopic (exact) mass is 494 g/mol. The van der Waals surface area contributed by atoms with Crippen LogP contribution in [0.25, 0.3) is 6.08 Å². The number of ether oxygens (including phenoxy) is 2. The Morgan fingerprint density at radius 2 is 1.91 bits per heavy atom. The van der Waals surface area contributed by atoms with Crippen LogP contribution >= 0.6 is 15.9 Å². The molecule has 162 valence electrons. The Bertz CT molecular complexity index is 1190. The number of nitrogens with zero attached hydrogens (tertiary/aromatic N) is 1. The molecule has 32 heavy (non-hydrogen) atoms. The highest BCUT2D eigenvalue weighted by Gasteiger charge is 2.12. The molecule has 3 rings (SSSR count). The summed E-state index contributed by atoms with van der Waals surface area (Å²) in [7, 11) is 0. The van der Waals surface area contributed by atoms with E-state index in [-0.39, 0.29) is 18.0 Å². The second-order valence-electron chi connectivity index (χ2n) is 6.65. The lowest BCUT2D eigenvalue weighted by Crippen LogP contribution is -2.13. The smallest absolute Gasteiger partial charge is 0.266 e. The van der Waals surface area contributed by atoms with E-state index in [1.54, 1.807) is 54.6 Å². The van der Waals surface area contributed by atoms with Crippen molar-refractivity contribution < 1.29 is 18.7 Å². The molecule has 3 aromatic carbocycles. The van der Waals surface area contributed by atoms with Crippen molar-refractivity contribution in [1.82, 2.24) is 0 Å². The molecule has 0 atom stereocenters. The van der Waals surface area contributed by atoms with Crippen LogP contribution in [-0.4, -0.2) is 12.5 Å². The number of amides is 1. The van der Waals surface area contributed by atoms with E-state index in [0.717, 1.165) is 4.47 Å². The van der Waals surface area contributed by atoms with Gasteiger partial charge in [0.25, 0.3) is 5.91 Å². The molecule has 0 unspecified atom stereocenters. The van der Waals surface area contributed by atoms with Crippen LogP contribution in [-0.2, 0) is 11.4 Å². The van der Waals surface area contributed by atoms with E-state index in [4.69, 9.17) is 9.47 Å². The molecule has 1 N–H and O–H groups in total. The molecular formula is C25H20BrFN2O3. The summed E-state index contributed by atoms with van der Waals surface area (Å²) in [6.07, 6.45) is 1.47. The number of halogens is 2. The first-order valence-electron chi connectivity index (χ1n) is 9.82. The summed E-state index contributed by atoms with van der Waals surface area (Å²) in [6, 6.07) is 20.4. The lowest BCUT2D eigenvalue weighted by molar-refractivity contribution is -0.112. The minimum absolute atomic E-state index is 0.0421. The number of hydrogen-bond acceptors (Lipinski definition) is 4. The van der Waals surface area contributed by atoms with Crippen molar-refractivity contribution in [1.29, 1.82) is 5.26 Å². The van der Waals surface area contributed by atoms with Gasteiger partial charge in [-0.3, -0.25) is 4.79 Å². The van der Waals surface area contributed by atoms with Gasteiger partial charge < -0.3 is 14.8 Å². The molecule has 0 bridgehead atoms. The van der Waals surface area contributed by atoms with Crippen molar-refractivity contribution in [3.8, 4) is 17.6 Å². The fourth-order valence-corrected chi connectivity index (χ4v) is 3.25. The molecule has 0 spiro atoms. The summed E-state index contributed by atoms with van der Waals surface area (Å²) in [4.78, 5) is 12.5. The Hall–Kier alpha value is -3.63. The zero-order valence-electron chi connectivity index (χ0n) is 17.3. The quantitative estimate of drug-likeness (QED) is 0.302. The van der Waals surface area contributed by atoms with E-state index >= 15 is 0 Å². The molecule has 0 heterocycles. The molecule has 0 saturated carbocycles. The second-order valence-corrected chi connectivity index (χ2v) is 7.57. The number of hydrogen-bond donors (Lipinski definition) is 1. The first kappa shape index (κ1) is 23.0. The summed E-state index contributed by atoms with van der Waals surface area (Å²) in [5.41, 5.74) is 1.52. The van der Waals surface area contributed by atoms with Crippen molar-refractivity contribution in [2.75, 3.05) is 11.9 Å². The van der Waals surface area contributed by atoms with E-state index in [2.05, 4.69) is 21.2 Å². The van der Waals surface area contributed by atoms with Gasteiger partial charge in [-0.15, -0.1) is 0 Å². The predicted octanol–water partition coefficient (Wildman–Crippen LogP) is 6.11. The van der Waals surface area contributed by atoms with Gasteiger partial charge in [-0.05, 0) is 55.0 Å². The molecule has 7 heteroatoms. The van der Waals surface area contributed by atoms with Crippen LogP contribution in [0, 0.1) is 17.1 Å². The third-order valence-electron chi connectivity index (χ3n) is 4.37. The standard InChI is InChI=1S/C25H20BrFN2O3/c1-2-31-24-13-17(10-11-23(24)32-16-18-6-3-4-9-22(18)27)12-19(15-28)25(30)29-21-8-5-7-20(26)14-21/h3-14H,2,16H2,1H3,(H,29,30)/b19-12-. The average molecular weight is 495 g/mol. The highest BCUT2D eigenvalue weighted by atomic mass is 79.9. The molecule has 5 nitrogen and oxygen atoms in total. The minimum Gasteiger partial charge on any atom is -0.490 e. The first-order valence-corrected chi connectivity index (χ1v) is 10.6. The number of anilines is 1. The Labute approximate surface area is 194 Å². The van der Waals surface area contributed by atoms with Crippen LogP contribution in [0.4, 0.5) is 10.1 Å². The molecule has 0 saturated heterocycles. The Balaban J connectivity index is 1.79. The minimum atomic E-state index is -0.525. The van der Waals surface area contributed by atoms with Gasteiger partial charge in [0, 0.05) is 15.7 Å². The van der Waals surface area contributed by atoms with Gasteiger partial charge in [0.1, 0.15) is 24.1 Å². The van der Waals surface area contributed by atoms with Crippen LogP contribution in [0.1, 0.15) is 18.1 Å². The van der Waals surface area contributed by atoms with Gasteiger partial charge >= 0.3 is 0 Å². The zero-order chi connectivity index (χ0) is 22.9. The predicted molar refractivity (Wildman–Crippen MR) is 125 cm³/mol. The van der Waals surface area contributed by atoms with Crippen molar-refractivity contribution >= 4 is 33.6 Å². The van der Waals surface area contributed by atoms with E-state index in [0.29, 0.717) is 34.9 Å². The molecule has 0 radical (unpaired) electrons. The molecule has 0 fully saturated rings. The molecule has 0 aliphatic rings. The van der Waals surface area contributed by atoms with Gasteiger partial charge in [0.05, 0.1) is 6.61 Å². The maximum Gasteiger partial charge on any atom is 0.266 e. The van der Waals surface area contributed by atoms with Crippen molar-refractivity contribution in [2.24, 2.45) is 0 Å². The van der Waals surface area contributed by atoms with Crippen LogP contribution in [0.3, 0.4) is 0 Å².